The van der Waals surface area contributed by atoms with Crippen molar-refractivity contribution in [2.45, 2.75) is 111 Å². The van der Waals surface area contributed by atoms with Crippen molar-refractivity contribution in [2.24, 2.45) is 0 Å². The summed E-state index contributed by atoms with van der Waals surface area (Å²) in [6.07, 6.45) is 0. The predicted octanol–water partition coefficient (Wildman–Crippen LogP) is 6.81. The van der Waals surface area contributed by atoms with Crippen molar-refractivity contribution in [1.29, 1.82) is 0 Å². The second-order valence-corrected chi connectivity index (χ2v) is 16.3. The molecule has 1 aromatic carbocycles. The van der Waals surface area contributed by atoms with E-state index in [-0.39, 0.29) is 11.2 Å². The second kappa shape index (κ2) is 8.22. The average Bonchev–Trinajstić information content (AvgIpc) is 2.77. The van der Waals surface area contributed by atoms with Gasteiger partial charge >= 0.3 is 7.12 Å². The Morgan fingerprint density at radius 2 is 1.31 bits per heavy atom. The van der Waals surface area contributed by atoms with Gasteiger partial charge in [0.05, 0.1) is 16.2 Å². The van der Waals surface area contributed by atoms with Gasteiger partial charge in [-0.3, -0.25) is 0 Å². The van der Waals surface area contributed by atoms with E-state index in [4.69, 9.17) is 25.3 Å². The topological polar surface area (TPSA) is 27.7 Å². The van der Waals surface area contributed by atoms with Crippen LogP contribution in [-0.2, 0) is 9.31 Å². The molecule has 1 aliphatic heterocycles. The van der Waals surface area contributed by atoms with E-state index in [0.29, 0.717) is 21.6 Å². The molecule has 0 amide bonds. The molecule has 0 N–H and O–H groups in total. The SMILES string of the molecule is Cc1cc(B2OC(C)(C)C(C)(C)O2)c(C)c(Cl)c1O[Si](C(C)C)(C(C)C)C(C)C. The van der Waals surface area contributed by atoms with Gasteiger partial charge in [-0.15, -0.1) is 0 Å². The highest BCUT2D eigenvalue weighted by Crippen LogP contribution is 2.46. The molecule has 0 bridgehead atoms. The molecule has 1 heterocycles. The van der Waals surface area contributed by atoms with Gasteiger partial charge in [-0.2, -0.15) is 0 Å². The molecule has 3 nitrogen and oxygen atoms in total. The average molecular weight is 439 g/mol. The summed E-state index contributed by atoms with van der Waals surface area (Å²) < 4.78 is 19.5. The largest absolute Gasteiger partial charge is 0.542 e. The van der Waals surface area contributed by atoms with Gasteiger partial charge in [-0.05, 0) is 74.8 Å². The minimum Gasteiger partial charge on any atom is -0.542 e. The molecule has 164 valence electrons. The lowest BCUT2D eigenvalue weighted by molar-refractivity contribution is 0.00578. The van der Waals surface area contributed by atoms with Crippen molar-refractivity contribution in [2.75, 3.05) is 0 Å². The number of rotatable bonds is 6. The van der Waals surface area contributed by atoms with E-state index >= 15 is 0 Å². The standard InChI is InChI=1S/C23H40BClO3Si/c1-14(2)29(15(3)4,16(5)6)26-21-17(7)13-19(18(8)20(21)25)24-27-22(9,10)23(11,12)28-24/h13-16H,1-12H3. The summed E-state index contributed by atoms with van der Waals surface area (Å²) in [6, 6.07) is 2.14. The summed E-state index contributed by atoms with van der Waals surface area (Å²) in [5.74, 6) is 0.840. The first-order chi connectivity index (χ1) is 13.1. The molecular weight excluding hydrogens is 399 g/mol. The Kier molecular flexibility index (Phi) is 7.02. The number of hydrogen-bond donors (Lipinski definition) is 0. The summed E-state index contributed by atoms with van der Waals surface area (Å²) in [4.78, 5) is 0. The maximum atomic E-state index is 6.95. The molecule has 1 aliphatic rings. The third-order valence-corrected chi connectivity index (χ3v) is 13.6. The van der Waals surface area contributed by atoms with E-state index in [1.165, 1.54) is 0 Å². The molecule has 1 aromatic rings. The van der Waals surface area contributed by atoms with E-state index in [1.807, 2.05) is 6.92 Å². The van der Waals surface area contributed by atoms with Crippen LogP contribution in [0.1, 0.15) is 80.4 Å². The van der Waals surface area contributed by atoms with Crippen LogP contribution in [0, 0.1) is 13.8 Å². The third kappa shape index (κ3) is 4.17. The van der Waals surface area contributed by atoms with E-state index in [2.05, 4.69) is 82.2 Å². The predicted molar refractivity (Wildman–Crippen MR) is 128 cm³/mol. The van der Waals surface area contributed by atoms with E-state index in [0.717, 1.165) is 22.3 Å². The van der Waals surface area contributed by atoms with E-state index in [1.54, 1.807) is 0 Å². The molecule has 29 heavy (non-hydrogen) atoms. The Morgan fingerprint density at radius 3 is 1.69 bits per heavy atom. The van der Waals surface area contributed by atoms with Crippen LogP contribution >= 0.6 is 11.6 Å². The van der Waals surface area contributed by atoms with Crippen LogP contribution in [0.25, 0.3) is 0 Å². The van der Waals surface area contributed by atoms with Crippen LogP contribution in [0.3, 0.4) is 0 Å². The lowest BCUT2D eigenvalue weighted by atomic mass is 9.75. The molecule has 1 saturated heterocycles. The highest BCUT2D eigenvalue weighted by Gasteiger charge is 2.52. The van der Waals surface area contributed by atoms with Gasteiger partial charge in [0.2, 0.25) is 0 Å². The summed E-state index contributed by atoms with van der Waals surface area (Å²) in [6.45, 7) is 26.2. The maximum absolute atomic E-state index is 6.95. The Morgan fingerprint density at radius 1 is 0.897 bits per heavy atom. The van der Waals surface area contributed by atoms with E-state index < -0.39 is 15.4 Å². The molecule has 2 rings (SSSR count). The van der Waals surface area contributed by atoms with Gasteiger partial charge in [0.1, 0.15) is 5.75 Å². The fourth-order valence-electron chi connectivity index (χ4n) is 4.75. The Labute approximate surface area is 185 Å². The molecular formula is C23H40BClO3Si. The normalized spacial score (nSPS) is 19.0. The number of aryl methyl sites for hydroxylation is 1. The number of hydrogen-bond acceptors (Lipinski definition) is 3. The van der Waals surface area contributed by atoms with Crippen molar-refractivity contribution in [3.63, 3.8) is 0 Å². The van der Waals surface area contributed by atoms with Crippen LogP contribution in [0.4, 0.5) is 0 Å². The summed E-state index contributed by atoms with van der Waals surface area (Å²) in [5.41, 5.74) is 3.71. The molecule has 0 saturated carbocycles. The first-order valence-electron chi connectivity index (χ1n) is 10.9. The quantitative estimate of drug-likeness (QED) is 0.456. The molecule has 0 radical (unpaired) electrons. The van der Waals surface area contributed by atoms with E-state index in [9.17, 15) is 0 Å². The Bertz CT molecular complexity index is 721. The number of benzene rings is 1. The zero-order chi connectivity index (χ0) is 22.5. The highest BCUT2D eigenvalue weighted by atomic mass is 35.5. The summed E-state index contributed by atoms with van der Waals surface area (Å²) >= 11 is 6.93. The molecule has 6 heteroatoms. The van der Waals surface area contributed by atoms with Crippen LogP contribution in [-0.4, -0.2) is 26.6 Å². The fourth-order valence-corrected chi connectivity index (χ4v) is 10.4. The van der Waals surface area contributed by atoms with Crippen LogP contribution in [0.15, 0.2) is 6.07 Å². The molecule has 1 fully saturated rings. The second-order valence-electron chi connectivity index (χ2n) is 10.6. The monoisotopic (exact) mass is 438 g/mol. The van der Waals surface area contributed by atoms with Gasteiger partial charge in [-0.25, -0.2) is 0 Å². The van der Waals surface area contributed by atoms with Crippen molar-refractivity contribution in [3.05, 3.63) is 22.2 Å². The van der Waals surface area contributed by atoms with Gasteiger partial charge in [0, 0.05) is 0 Å². The van der Waals surface area contributed by atoms with Crippen molar-refractivity contribution in [3.8, 4) is 5.75 Å². The first-order valence-corrected chi connectivity index (χ1v) is 13.4. The van der Waals surface area contributed by atoms with Crippen molar-refractivity contribution in [1.82, 2.24) is 0 Å². The Balaban J connectivity index is 2.52. The highest BCUT2D eigenvalue weighted by molar-refractivity contribution is 6.78. The van der Waals surface area contributed by atoms with Gasteiger partial charge < -0.3 is 13.7 Å². The lowest BCUT2D eigenvalue weighted by Gasteiger charge is -2.43. The minimum atomic E-state index is -2.10. The van der Waals surface area contributed by atoms with Crippen molar-refractivity contribution < 1.29 is 13.7 Å². The molecule has 0 aromatic heterocycles. The van der Waals surface area contributed by atoms with Crippen LogP contribution < -0.4 is 9.89 Å². The van der Waals surface area contributed by atoms with Crippen LogP contribution in [0.5, 0.6) is 5.75 Å². The third-order valence-electron chi connectivity index (χ3n) is 7.18. The molecule has 0 atom stereocenters. The molecule has 0 unspecified atom stereocenters. The fraction of sp³-hybridized carbons (Fsp3) is 0.739. The van der Waals surface area contributed by atoms with Crippen LogP contribution in [0.2, 0.25) is 21.6 Å². The number of halogens is 1. The zero-order valence-electron chi connectivity index (χ0n) is 20.5. The maximum Gasteiger partial charge on any atom is 0.495 e. The molecule has 0 aliphatic carbocycles. The minimum absolute atomic E-state index is 0.380. The zero-order valence-corrected chi connectivity index (χ0v) is 22.2. The van der Waals surface area contributed by atoms with Gasteiger partial charge in [0.15, 0.2) is 0 Å². The lowest BCUT2D eigenvalue weighted by Crippen LogP contribution is -2.51. The Hall–Kier alpha value is -0.488. The smallest absolute Gasteiger partial charge is 0.495 e. The molecule has 0 spiro atoms. The first kappa shape index (κ1) is 24.8. The van der Waals surface area contributed by atoms with Gasteiger partial charge in [-0.1, -0.05) is 59.2 Å². The van der Waals surface area contributed by atoms with Crippen molar-refractivity contribution >= 4 is 32.5 Å². The summed E-state index contributed by atoms with van der Waals surface area (Å²) in [7, 11) is -2.52. The van der Waals surface area contributed by atoms with Gasteiger partial charge in [0.25, 0.3) is 8.32 Å². The summed E-state index contributed by atoms with van der Waals surface area (Å²) in [5, 5.41) is 0.688.